The van der Waals surface area contributed by atoms with Gasteiger partial charge in [-0.3, -0.25) is 0 Å². The Morgan fingerprint density at radius 3 is 2.37 bits per heavy atom. The summed E-state index contributed by atoms with van der Waals surface area (Å²) in [5.41, 5.74) is 6.61. The SMILES string of the molecule is OCC/C1=C/c2ccccc2CCc2ccccc21. The van der Waals surface area contributed by atoms with Crippen molar-refractivity contribution in [3.8, 4) is 0 Å². The molecule has 0 heterocycles. The van der Waals surface area contributed by atoms with Crippen molar-refractivity contribution in [1.82, 2.24) is 0 Å². The molecule has 0 radical (unpaired) electrons. The second kappa shape index (κ2) is 5.41. The summed E-state index contributed by atoms with van der Waals surface area (Å²) in [6.45, 7) is 0.197. The average molecular weight is 250 g/mol. The minimum atomic E-state index is 0.197. The summed E-state index contributed by atoms with van der Waals surface area (Å²) in [5.74, 6) is 0. The van der Waals surface area contributed by atoms with Crippen molar-refractivity contribution < 1.29 is 5.11 Å². The Hall–Kier alpha value is -1.86. The van der Waals surface area contributed by atoms with Gasteiger partial charge in [-0.1, -0.05) is 54.6 Å². The Morgan fingerprint density at radius 1 is 0.842 bits per heavy atom. The van der Waals surface area contributed by atoms with Crippen LogP contribution in [0.15, 0.2) is 48.5 Å². The quantitative estimate of drug-likeness (QED) is 0.861. The summed E-state index contributed by atoms with van der Waals surface area (Å²) in [7, 11) is 0. The number of benzene rings is 2. The lowest BCUT2D eigenvalue weighted by Gasteiger charge is -2.17. The van der Waals surface area contributed by atoms with E-state index < -0.39 is 0 Å². The zero-order chi connectivity index (χ0) is 13.1. The van der Waals surface area contributed by atoms with Gasteiger partial charge < -0.3 is 5.11 Å². The smallest absolute Gasteiger partial charge is 0.0471 e. The first-order chi connectivity index (χ1) is 9.38. The van der Waals surface area contributed by atoms with Gasteiger partial charge >= 0.3 is 0 Å². The van der Waals surface area contributed by atoms with Gasteiger partial charge in [0.1, 0.15) is 0 Å². The largest absolute Gasteiger partial charge is 0.396 e. The Balaban J connectivity index is 2.16. The zero-order valence-electron chi connectivity index (χ0n) is 11.0. The molecule has 1 aliphatic carbocycles. The monoisotopic (exact) mass is 250 g/mol. The lowest BCUT2D eigenvalue weighted by Crippen LogP contribution is -2.02. The van der Waals surface area contributed by atoms with Gasteiger partial charge in [-0.05, 0) is 47.1 Å². The Labute approximate surface area is 114 Å². The van der Waals surface area contributed by atoms with Gasteiger partial charge in [-0.2, -0.15) is 0 Å². The van der Waals surface area contributed by atoms with Gasteiger partial charge in [0.25, 0.3) is 0 Å². The summed E-state index contributed by atoms with van der Waals surface area (Å²) in [6.07, 6.45) is 5.10. The van der Waals surface area contributed by atoms with E-state index in [1.54, 1.807) is 0 Å². The number of fused-ring (bicyclic) bond motifs is 2. The van der Waals surface area contributed by atoms with Gasteiger partial charge in [-0.25, -0.2) is 0 Å². The van der Waals surface area contributed by atoms with Crippen molar-refractivity contribution >= 4 is 11.6 Å². The molecule has 1 N–H and O–H groups in total. The Morgan fingerprint density at radius 2 is 1.53 bits per heavy atom. The molecular formula is C18H18O. The summed E-state index contributed by atoms with van der Waals surface area (Å²) in [6, 6.07) is 17.1. The van der Waals surface area contributed by atoms with E-state index in [1.165, 1.54) is 27.8 Å². The molecule has 0 amide bonds. The van der Waals surface area contributed by atoms with Crippen molar-refractivity contribution in [2.75, 3.05) is 6.61 Å². The van der Waals surface area contributed by atoms with Crippen LogP contribution in [0.2, 0.25) is 0 Å². The zero-order valence-corrected chi connectivity index (χ0v) is 11.0. The van der Waals surface area contributed by atoms with Crippen LogP contribution in [-0.2, 0) is 12.8 Å². The number of aryl methyl sites for hydroxylation is 2. The third-order valence-corrected chi connectivity index (χ3v) is 3.79. The van der Waals surface area contributed by atoms with Gasteiger partial charge in [0.05, 0.1) is 0 Å². The van der Waals surface area contributed by atoms with Crippen molar-refractivity contribution in [3.05, 3.63) is 70.8 Å². The first-order valence-corrected chi connectivity index (χ1v) is 6.86. The van der Waals surface area contributed by atoms with Crippen LogP contribution in [0.4, 0.5) is 0 Å². The van der Waals surface area contributed by atoms with Crippen LogP contribution in [0.3, 0.4) is 0 Å². The van der Waals surface area contributed by atoms with E-state index in [1.807, 2.05) is 0 Å². The third kappa shape index (κ3) is 2.47. The van der Waals surface area contributed by atoms with Crippen LogP contribution < -0.4 is 0 Å². The average Bonchev–Trinajstić information content (AvgIpc) is 2.44. The van der Waals surface area contributed by atoms with Gasteiger partial charge in [0.2, 0.25) is 0 Å². The van der Waals surface area contributed by atoms with Crippen LogP contribution in [0.25, 0.3) is 11.6 Å². The fourth-order valence-electron chi connectivity index (χ4n) is 2.82. The van der Waals surface area contributed by atoms with E-state index in [-0.39, 0.29) is 6.61 Å². The predicted molar refractivity (Wildman–Crippen MR) is 79.9 cm³/mol. The molecule has 1 nitrogen and oxygen atoms in total. The molecule has 0 spiro atoms. The van der Waals surface area contributed by atoms with Crippen molar-refractivity contribution in [2.45, 2.75) is 19.3 Å². The van der Waals surface area contributed by atoms with E-state index in [4.69, 9.17) is 0 Å². The first-order valence-electron chi connectivity index (χ1n) is 6.86. The molecule has 2 aromatic carbocycles. The lowest BCUT2D eigenvalue weighted by molar-refractivity contribution is 0.305. The van der Waals surface area contributed by atoms with Crippen molar-refractivity contribution in [1.29, 1.82) is 0 Å². The molecule has 0 aliphatic heterocycles. The molecule has 0 bridgehead atoms. The van der Waals surface area contributed by atoms with Crippen LogP contribution >= 0.6 is 0 Å². The summed E-state index contributed by atoms with van der Waals surface area (Å²) < 4.78 is 0. The first kappa shape index (κ1) is 12.2. The molecule has 1 heteroatoms. The fourth-order valence-corrected chi connectivity index (χ4v) is 2.82. The van der Waals surface area contributed by atoms with Crippen molar-refractivity contribution in [2.24, 2.45) is 0 Å². The van der Waals surface area contributed by atoms with E-state index in [0.717, 1.165) is 12.8 Å². The molecule has 0 unspecified atom stereocenters. The van der Waals surface area contributed by atoms with E-state index >= 15 is 0 Å². The standard InChI is InChI=1S/C18H18O/c19-12-11-17-13-16-7-2-1-5-14(16)9-10-15-6-3-4-8-18(15)17/h1-8,13,19H,9-12H2/b17-13-. The van der Waals surface area contributed by atoms with Crippen LogP contribution in [0.1, 0.15) is 28.7 Å². The van der Waals surface area contributed by atoms with Crippen LogP contribution in [0.5, 0.6) is 0 Å². The molecule has 1 aliphatic rings. The molecule has 2 aromatic rings. The molecule has 0 saturated heterocycles. The van der Waals surface area contributed by atoms with E-state index in [2.05, 4.69) is 54.6 Å². The minimum absolute atomic E-state index is 0.197. The fraction of sp³-hybridized carbons (Fsp3) is 0.222. The maximum Gasteiger partial charge on any atom is 0.0471 e. The minimum Gasteiger partial charge on any atom is -0.396 e. The second-order valence-corrected chi connectivity index (χ2v) is 5.00. The Bertz CT molecular complexity index is 611. The van der Waals surface area contributed by atoms with Crippen molar-refractivity contribution in [3.63, 3.8) is 0 Å². The van der Waals surface area contributed by atoms with Gasteiger partial charge in [0, 0.05) is 6.61 Å². The molecule has 0 aromatic heterocycles. The maximum atomic E-state index is 9.31. The van der Waals surface area contributed by atoms with Crippen LogP contribution in [-0.4, -0.2) is 11.7 Å². The van der Waals surface area contributed by atoms with Gasteiger partial charge in [-0.15, -0.1) is 0 Å². The number of hydrogen-bond donors (Lipinski definition) is 1. The van der Waals surface area contributed by atoms with E-state index in [0.29, 0.717) is 6.42 Å². The third-order valence-electron chi connectivity index (χ3n) is 3.79. The number of aliphatic hydroxyl groups is 1. The van der Waals surface area contributed by atoms with Gasteiger partial charge in [0.15, 0.2) is 0 Å². The normalized spacial score (nSPS) is 16.6. The molecule has 96 valence electrons. The summed E-state index contributed by atoms with van der Waals surface area (Å²) in [5, 5.41) is 9.31. The molecule has 19 heavy (non-hydrogen) atoms. The lowest BCUT2D eigenvalue weighted by atomic mass is 9.88. The summed E-state index contributed by atoms with van der Waals surface area (Å²) >= 11 is 0. The number of aliphatic hydroxyl groups excluding tert-OH is 1. The molecule has 0 atom stereocenters. The number of rotatable bonds is 2. The highest BCUT2D eigenvalue weighted by Gasteiger charge is 2.12. The predicted octanol–water partition coefficient (Wildman–Crippen LogP) is 3.71. The highest BCUT2D eigenvalue weighted by atomic mass is 16.2. The molecular weight excluding hydrogens is 232 g/mol. The topological polar surface area (TPSA) is 20.2 Å². The molecule has 0 fully saturated rings. The van der Waals surface area contributed by atoms with Crippen LogP contribution in [0, 0.1) is 0 Å². The second-order valence-electron chi connectivity index (χ2n) is 5.00. The Kier molecular flexibility index (Phi) is 3.47. The van der Waals surface area contributed by atoms with E-state index in [9.17, 15) is 5.11 Å². The maximum absolute atomic E-state index is 9.31. The molecule has 0 saturated carbocycles. The highest BCUT2D eigenvalue weighted by molar-refractivity contribution is 5.84. The molecule has 3 rings (SSSR count). The summed E-state index contributed by atoms with van der Waals surface area (Å²) in [4.78, 5) is 0. The number of hydrogen-bond acceptors (Lipinski definition) is 1. The highest BCUT2D eigenvalue weighted by Crippen LogP contribution is 2.29.